The molecule has 3 rings (SSSR count). The summed E-state index contributed by atoms with van der Waals surface area (Å²) in [6, 6.07) is 18.8. The van der Waals surface area contributed by atoms with Gasteiger partial charge in [0.25, 0.3) is 0 Å². The first-order chi connectivity index (χ1) is 13.6. The molecule has 28 heavy (non-hydrogen) atoms. The number of ether oxygens (including phenoxy) is 2. The molecular weight excluding hydrogens is 421 g/mol. The van der Waals surface area contributed by atoms with Gasteiger partial charge in [0.15, 0.2) is 11.5 Å². The predicted molar refractivity (Wildman–Crippen MR) is 115 cm³/mol. The average Bonchev–Trinajstić information content (AvgIpc) is 2.67. The Hall–Kier alpha value is -2.53. The van der Waals surface area contributed by atoms with Crippen molar-refractivity contribution < 1.29 is 13.9 Å². The van der Waals surface area contributed by atoms with E-state index in [9.17, 15) is 4.39 Å². The van der Waals surface area contributed by atoms with Crippen molar-refractivity contribution in [1.29, 1.82) is 0 Å². The summed E-state index contributed by atoms with van der Waals surface area (Å²) in [6.07, 6.45) is 0. The standard InChI is InChI=1S/C23H23BrFNO2/c1-3-27-22-13-17(14-26-19-9-6-7-16(2)11-19)12-20(24)23(22)28-15-18-8-4-5-10-21(18)25/h4-13,26H,3,14-15H2,1-2H3. The largest absolute Gasteiger partial charge is 0.490 e. The van der Waals surface area contributed by atoms with Gasteiger partial charge in [-0.05, 0) is 71.2 Å². The fourth-order valence-electron chi connectivity index (χ4n) is 2.85. The van der Waals surface area contributed by atoms with Crippen LogP contribution in [0.3, 0.4) is 0 Å². The Balaban J connectivity index is 1.76. The Bertz CT molecular complexity index is 946. The van der Waals surface area contributed by atoms with Crippen molar-refractivity contribution in [3.63, 3.8) is 0 Å². The Labute approximate surface area is 173 Å². The Morgan fingerprint density at radius 1 is 1.00 bits per heavy atom. The molecule has 0 atom stereocenters. The highest BCUT2D eigenvalue weighted by Gasteiger charge is 2.13. The Kier molecular flexibility index (Phi) is 6.93. The van der Waals surface area contributed by atoms with E-state index in [1.165, 1.54) is 11.6 Å². The van der Waals surface area contributed by atoms with Crippen LogP contribution < -0.4 is 14.8 Å². The van der Waals surface area contributed by atoms with Crippen LogP contribution in [0.4, 0.5) is 10.1 Å². The number of halogens is 2. The zero-order chi connectivity index (χ0) is 19.9. The zero-order valence-electron chi connectivity index (χ0n) is 16.0. The van der Waals surface area contributed by atoms with Gasteiger partial charge < -0.3 is 14.8 Å². The summed E-state index contributed by atoms with van der Waals surface area (Å²) in [5, 5.41) is 3.42. The first kappa shape index (κ1) is 20.2. The summed E-state index contributed by atoms with van der Waals surface area (Å²) in [5.74, 6) is 0.925. The van der Waals surface area contributed by atoms with Gasteiger partial charge in [0.2, 0.25) is 0 Å². The smallest absolute Gasteiger partial charge is 0.175 e. The second kappa shape index (κ2) is 9.60. The van der Waals surface area contributed by atoms with Crippen LogP contribution in [0.15, 0.2) is 65.1 Å². The maximum Gasteiger partial charge on any atom is 0.175 e. The molecule has 0 aliphatic carbocycles. The highest BCUT2D eigenvalue weighted by atomic mass is 79.9. The Morgan fingerprint density at radius 3 is 2.57 bits per heavy atom. The van der Waals surface area contributed by atoms with E-state index < -0.39 is 0 Å². The molecule has 0 radical (unpaired) electrons. The molecule has 5 heteroatoms. The molecule has 0 aromatic heterocycles. The molecule has 0 saturated heterocycles. The number of benzene rings is 3. The molecule has 0 amide bonds. The predicted octanol–water partition coefficient (Wildman–Crippen LogP) is 6.49. The van der Waals surface area contributed by atoms with Crippen molar-refractivity contribution in [3.8, 4) is 11.5 Å². The van der Waals surface area contributed by atoms with Crippen molar-refractivity contribution in [2.24, 2.45) is 0 Å². The van der Waals surface area contributed by atoms with Crippen LogP contribution >= 0.6 is 15.9 Å². The van der Waals surface area contributed by atoms with Crippen LogP contribution in [-0.2, 0) is 13.2 Å². The lowest BCUT2D eigenvalue weighted by molar-refractivity contribution is 0.264. The molecule has 0 saturated carbocycles. The minimum absolute atomic E-state index is 0.131. The van der Waals surface area contributed by atoms with Crippen molar-refractivity contribution in [1.82, 2.24) is 0 Å². The van der Waals surface area contributed by atoms with Gasteiger partial charge in [-0.1, -0.05) is 30.3 Å². The van der Waals surface area contributed by atoms with Crippen molar-refractivity contribution in [2.45, 2.75) is 27.0 Å². The third-order valence-corrected chi connectivity index (χ3v) is 4.80. The molecule has 3 aromatic carbocycles. The van der Waals surface area contributed by atoms with Crippen LogP contribution in [0.2, 0.25) is 0 Å². The van der Waals surface area contributed by atoms with Gasteiger partial charge in [0.05, 0.1) is 11.1 Å². The van der Waals surface area contributed by atoms with Gasteiger partial charge in [-0.15, -0.1) is 0 Å². The molecule has 0 aliphatic rings. The molecule has 0 bridgehead atoms. The van der Waals surface area contributed by atoms with Gasteiger partial charge >= 0.3 is 0 Å². The molecule has 0 unspecified atom stereocenters. The lowest BCUT2D eigenvalue weighted by Gasteiger charge is -2.16. The van der Waals surface area contributed by atoms with Crippen LogP contribution in [0.1, 0.15) is 23.6 Å². The number of anilines is 1. The van der Waals surface area contributed by atoms with Gasteiger partial charge in [-0.2, -0.15) is 0 Å². The Morgan fingerprint density at radius 2 is 1.82 bits per heavy atom. The molecule has 0 aliphatic heterocycles. The minimum Gasteiger partial charge on any atom is -0.490 e. The van der Waals surface area contributed by atoms with E-state index in [0.29, 0.717) is 30.2 Å². The third-order valence-electron chi connectivity index (χ3n) is 4.21. The van der Waals surface area contributed by atoms with E-state index in [2.05, 4.69) is 40.3 Å². The number of hydrogen-bond acceptors (Lipinski definition) is 3. The van der Waals surface area contributed by atoms with Crippen molar-refractivity contribution >= 4 is 21.6 Å². The summed E-state index contributed by atoms with van der Waals surface area (Å²) < 4.78 is 26.3. The molecule has 3 nitrogen and oxygen atoms in total. The molecule has 3 aromatic rings. The van der Waals surface area contributed by atoms with Crippen LogP contribution in [0.5, 0.6) is 11.5 Å². The van der Waals surface area contributed by atoms with Crippen molar-refractivity contribution in [3.05, 3.63) is 87.6 Å². The fourth-order valence-corrected chi connectivity index (χ4v) is 3.45. The number of rotatable bonds is 8. The maximum absolute atomic E-state index is 13.9. The van der Waals surface area contributed by atoms with E-state index in [4.69, 9.17) is 9.47 Å². The molecule has 146 valence electrons. The van der Waals surface area contributed by atoms with Gasteiger partial charge in [-0.25, -0.2) is 4.39 Å². The van der Waals surface area contributed by atoms with E-state index in [-0.39, 0.29) is 12.4 Å². The summed E-state index contributed by atoms with van der Waals surface area (Å²) in [7, 11) is 0. The number of aryl methyl sites for hydroxylation is 1. The second-order valence-corrected chi connectivity index (χ2v) is 7.30. The second-order valence-electron chi connectivity index (χ2n) is 6.44. The van der Waals surface area contributed by atoms with Gasteiger partial charge in [0.1, 0.15) is 12.4 Å². The monoisotopic (exact) mass is 443 g/mol. The van der Waals surface area contributed by atoms with E-state index >= 15 is 0 Å². The van der Waals surface area contributed by atoms with E-state index in [1.807, 2.05) is 31.2 Å². The third kappa shape index (κ3) is 5.26. The summed E-state index contributed by atoms with van der Waals surface area (Å²) in [5.41, 5.74) is 3.82. The first-order valence-corrected chi connectivity index (χ1v) is 9.98. The number of hydrogen-bond donors (Lipinski definition) is 1. The SMILES string of the molecule is CCOc1cc(CNc2cccc(C)c2)cc(Br)c1OCc1ccccc1F. The summed E-state index contributed by atoms with van der Waals surface area (Å²) in [4.78, 5) is 0. The molecular formula is C23H23BrFNO2. The summed E-state index contributed by atoms with van der Waals surface area (Å²) >= 11 is 3.57. The molecule has 1 N–H and O–H groups in total. The van der Waals surface area contributed by atoms with Crippen molar-refractivity contribution in [2.75, 3.05) is 11.9 Å². The first-order valence-electron chi connectivity index (χ1n) is 9.18. The lowest BCUT2D eigenvalue weighted by Crippen LogP contribution is -2.04. The van der Waals surface area contributed by atoms with Crippen LogP contribution in [0.25, 0.3) is 0 Å². The average molecular weight is 444 g/mol. The van der Waals surface area contributed by atoms with Gasteiger partial charge in [-0.3, -0.25) is 0 Å². The lowest BCUT2D eigenvalue weighted by atomic mass is 10.1. The maximum atomic E-state index is 13.9. The molecule has 0 fully saturated rings. The van der Waals surface area contributed by atoms with E-state index in [1.54, 1.807) is 18.2 Å². The van der Waals surface area contributed by atoms with Crippen LogP contribution in [-0.4, -0.2) is 6.61 Å². The topological polar surface area (TPSA) is 30.5 Å². The zero-order valence-corrected chi connectivity index (χ0v) is 17.6. The highest BCUT2D eigenvalue weighted by molar-refractivity contribution is 9.10. The van der Waals surface area contributed by atoms with Gasteiger partial charge in [0, 0.05) is 17.8 Å². The number of nitrogens with one attached hydrogen (secondary N) is 1. The fraction of sp³-hybridized carbons (Fsp3) is 0.217. The normalized spacial score (nSPS) is 10.6. The highest BCUT2D eigenvalue weighted by Crippen LogP contribution is 2.37. The summed E-state index contributed by atoms with van der Waals surface area (Å²) in [6.45, 7) is 5.28. The van der Waals surface area contributed by atoms with E-state index in [0.717, 1.165) is 15.7 Å². The molecule has 0 heterocycles. The molecule has 0 spiro atoms. The minimum atomic E-state index is -0.282. The quantitative estimate of drug-likeness (QED) is 0.431. The van der Waals surface area contributed by atoms with Crippen LogP contribution in [0, 0.1) is 12.7 Å².